The predicted molar refractivity (Wildman–Crippen MR) is 77.8 cm³/mol. The average molecular weight is 345 g/mol. The fourth-order valence-corrected chi connectivity index (χ4v) is 2.70. The number of nitrogens with zero attached hydrogens (tertiary/aromatic N) is 1. The second-order valence-electron chi connectivity index (χ2n) is 5.32. The van der Waals surface area contributed by atoms with E-state index in [9.17, 15) is 14.3 Å². The minimum Gasteiger partial charge on any atom is -0.394 e. The maximum atomic E-state index is 13.4. The molecule has 6 heteroatoms. The van der Waals surface area contributed by atoms with Gasteiger partial charge in [-0.3, -0.25) is 0 Å². The Morgan fingerprint density at radius 3 is 3.00 bits per heavy atom. The number of carbonyl (C=O) groups is 1. The molecule has 1 aliphatic heterocycles. The van der Waals surface area contributed by atoms with Crippen molar-refractivity contribution >= 4 is 22.0 Å². The van der Waals surface area contributed by atoms with Gasteiger partial charge >= 0.3 is 6.03 Å². The number of benzene rings is 1. The standard InChI is InChI=1S/C14H18BrFN2O2/c1-14(9-19)5-2-6-18(14)13(20)17-8-10-3-4-11(15)12(16)7-10/h3-4,7,19H,2,5-6,8-9H2,1H3,(H,17,20)/t14-/m0/s1. The zero-order chi connectivity index (χ0) is 14.8. The topological polar surface area (TPSA) is 52.6 Å². The molecule has 1 heterocycles. The number of carbonyl (C=O) groups excluding carboxylic acids is 1. The predicted octanol–water partition coefficient (Wildman–Crippen LogP) is 2.64. The van der Waals surface area contributed by atoms with Crippen LogP contribution in [-0.2, 0) is 6.54 Å². The number of hydrogen-bond donors (Lipinski definition) is 2. The summed E-state index contributed by atoms with van der Waals surface area (Å²) in [6.45, 7) is 2.73. The van der Waals surface area contributed by atoms with Gasteiger partial charge in [-0.15, -0.1) is 0 Å². The Labute approximate surface area is 126 Å². The van der Waals surface area contributed by atoms with Crippen LogP contribution in [0.15, 0.2) is 22.7 Å². The Hall–Kier alpha value is -1.14. The third-order valence-electron chi connectivity index (χ3n) is 3.76. The molecular formula is C14H18BrFN2O2. The number of amides is 2. The molecule has 2 rings (SSSR count). The molecule has 0 spiro atoms. The molecule has 1 aromatic rings. The number of aliphatic hydroxyl groups excluding tert-OH is 1. The lowest BCUT2D eigenvalue weighted by atomic mass is 10.0. The Kier molecular flexibility index (Phi) is 4.65. The van der Waals surface area contributed by atoms with Gasteiger partial charge in [-0.2, -0.15) is 0 Å². The van der Waals surface area contributed by atoms with E-state index in [1.807, 2.05) is 6.92 Å². The van der Waals surface area contributed by atoms with Crippen LogP contribution in [0.1, 0.15) is 25.3 Å². The van der Waals surface area contributed by atoms with Gasteiger partial charge < -0.3 is 15.3 Å². The van der Waals surface area contributed by atoms with Crippen molar-refractivity contribution in [3.63, 3.8) is 0 Å². The molecule has 1 saturated heterocycles. The first-order chi connectivity index (χ1) is 9.46. The second kappa shape index (κ2) is 6.10. The number of rotatable bonds is 3. The van der Waals surface area contributed by atoms with Gasteiger partial charge in [0.1, 0.15) is 5.82 Å². The minimum absolute atomic E-state index is 0.0483. The molecule has 1 fully saturated rings. The van der Waals surface area contributed by atoms with E-state index >= 15 is 0 Å². The zero-order valence-corrected chi connectivity index (χ0v) is 12.9. The number of aliphatic hydroxyl groups is 1. The molecule has 0 radical (unpaired) electrons. The molecule has 0 bridgehead atoms. The lowest BCUT2D eigenvalue weighted by molar-refractivity contribution is 0.0973. The summed E-state index contributed by atoms with van der Waals surface area (Å²) in [6, 6.07) is 4.54. The van der Waals surface area contributed by atoms with Crippen LogP contribution in [0.4, 0.5) is 9.18 Å². The fourth-order valence-electron chi connectivity index (χ4n) is 2.46. The van der Waals surface area contributed by atoms with Gasteiger partial charge in [0.15, 0.2) is 0 Å². The Morgan fingerprint density at radius 2 is 2.35 bits per heavy atom. The average Bonchev–Trinajstić information content (AvgIpc) is 2.82. The SMILES string of the molecule is C[C@@]1(CO)CCCN1C(=O)NCc1ccc(Br)c(F)c1. The van der Waals surface area contributed by atoms with Crippen LogP contribution in [0.25, 0.3) is 0 Å². The highest BCUT2D eigenvalue weighted by atomic mass is 79.9. The first-order valence-corrected chi connectivity index (χ1v) is 7.36. The van der Waals surface area contributed by atoms with Crippen molar-refractivity contribution in [3.8, 4) is 0 Å². The molecule has 1 aromatic carbocycles. The molecule has 1 aliphatic rings. The fraction of sp³-hybridized carbons (Fsp3) is 0.500. The van der Waals surface area contributed by atoms with Gasteiger partial charge in [0, 0.05) is 13.1 Å². The van der Waals surface area contributed by atoms with Crippen molar-refractivity contribution in [1.82, 2.24) is 10.2 Å². The quantitative estimate of drug-likeness (QED) is 0.885. The highest BCUT2D eigenvalue weighted by molar-refractivity contribution is 9.10. The summed E-state index contributed by atoms with van der Waals surface area (Å²) in [7, 11) is 0. The van der Waals surface area contributed by atoms with Crippen LogP contribution in [-0.4, -0.2) is 34.7 Å². The summed E-state index contributed by atoms with van der Waals surface area (Å²) < 4.78 is 13.8. The lowest BCUT2D eigenvalue weighted by Crippen LogP contribution is -2.51. The molecule has 110 valence electrons. The summed E-state index contributed by atoms with van der Waals surface area (Å²) in [5.74, 6) is -0.349. The molecule has 20 heavy (non-hydrogen) atoms. The van der Waals surface area contributed by atoms with Crippen molar-refractivity contribution in [2.24, 2.45) is 0 Å². The molecule has 2 N–H and O–H groups in total. The highest BCUT2D eigenvalue weighted by Gasteiger charge is 2.38. The lowest BCUT2D eigenvalue weighted by Gasteiger charge is -2.33. The summed E-state index contributed by atoms with van der Waals surface area (Å²) in [5.41, 5.74) is 0.207. The van der Waals surface area contributed by atoms with Crippen molar-refractivity contribution in [3.05, 3.63) is 34.1 Å². The van der Waals surface area contributed by atoms with Crippen LogP contribution in [0.5, 0.6) is 0 Å². The molecule has 4 nitrogen and oxygen atoms in total. The first-order valence-electron chi connectivity index (χ1n) is 6.56. The number of hydrogen-bond acceptors (Lipinski definition) is 2. The van der Waals surface area contributed by atoms with Crippen molar-refractivity contribution in [1.29, 1.82) is 0 Å². The van der Waals surface area contributed by atoms with Gasteiger partial charge in [0.25, 0.3) is 0 Å². The second-order valence-corrected chi connectivity index (χ2v) is 6.17. The van der Waals surface area contributed by atoms with Crippen LogP contribution in [0.3, 0.4) is 0 Å². The van der Waals surface area contributed by atoms with E-state index in [1.165, 1.54) is 6.07 Å². The monoisotopic (exact) mass is 344 g/mol. The number of nitrogens with one attached hydrogen (secondary N) is 1. The van der Waals surface area contributed by atoms with E-state index in [4.69, 9.17) is 0 Å². The Bertz CT molecular complexity index is 512. The molecule has 0 saturated carbocycles. The van der Waals surface area contributed by atoms with Crippen molar-refractivity contribution in [2.75, 3.05) is 13.2 Å². The van der Waals surface area contributed by atoms with Crippen molar-refractivity contribution < 1.29 is 14.3 Å². The van der Waals surface area contributed by atoms with E-state index in [0.717, 1.165) is 12.8 Å². The van der Waals surface area contributed by atoms with E-state index < -0.39 is 5.54 Å². The summed E-state index contributed by atoms with van der Waals surface area (Å²) in [5, 5.41) is 12.2. The molecule has 0 unspecified atom stereocenters. The Balaban J connectivity index is 1.96. The third kappa shape index (κ3) is 3.12. The van der Waals surface area contributed by atoms with Crippen LogP contribution in [0, 0.1) is 5.82 Å². The summed E-state index contributed by atoms with van der Waals surface area (Å²) in [4.78, 5) is 13.8. The van der Waals surface area contributed by atoms with Gasteiger partial charge in [0.2, 0.25) is 0 Å². The molecule has 2 amide bonds. The maximum Gasteiger partial charge on any atom is 0.318 e. The Morgan fingerprint density at radius 1 is 1.60 bits per heavy atom. The number of likely N-dealkylation sites (tertiary alicyclic amines) is 1. The van der Waals surface area contributed by atoms with E-state index in [-0.39, 0.29) is 25.0 Å². The van der Waals surface area contributed by atoms with Crippen LogP contribution >= 0.6 is 15.9 Å². The largest absolute Gasteiger partial charge is 0.394 e. The van der Waals surface area contributed by atoms with E-state index in [0.29, 0.717) is 16.6 Å². The number of halogens is 2. The van der Waals surface area contributed by atoms with Gasteiger partial charge in [-0.1, -0.05) is 6.07 Å². The first kappa shape index (κ1) is 15.3. The molecular weight excluding hydrogens is 327 g/mol. The van der Waals surface area contributed by atoms with Gasteiger partial charge in [0.05, 0.1) is 16.6 Å². The minimum atomic E-state index is -0.491. The van der Waals surface area contributed by atoms with Crippen LogP contribution < -0.4 is 5.32 Å². The molecule has 1 atom stereocenters. The molecule has 0 aromatic heterocycles. The normalized spacial score (nSPS) is 22.1. The van der Waals surface area contributed by atoms with Crippen molar-refractivity contribution in [2.45, 2.75) is 31.8 Å². The number of urea groups is 1. The smallest absolute Gasteiger partial charge is 0.318 e. The van der Waals surface area contributed by atoms with E-state index in [2.05, 4.69) is 21.2 Å². The van der Waals surface area contributed by atoms with Crippen LogP contribution in [0.2, 0.25) is 0 Å². The van der Waals surface area contributed by atoms with Gasteiger partial charge in [-0.25, -0.2) is 9.18 Å². The zero-order valence-electron chi connectivity index (χ0n) is 11.3. The third-order valence-corrected chi connectivity index (χ3v) is 4.41. The maximum absolute atomic E-state index is 13.4. The van der Waals surface area contributed by atoms with E-state index in [1.54, 1.807) is 17.0 Å². The molecule has 0 aliphatic carbocycles. The summed E-state index contributed by atoms with van der Waals surface area (Å²) in [6.07, 6.45) is 1.68. The van der Waals surface area contributed by atoms with Gasteiger partial charge in [-0.05, 0) is 53.4 Å². The highest BCUT2D eigenvalue weighted by Crippen LogP contribution is 2.28. The summed E-state index contributed by atoms with van der Waals surface area (Å²) >= 11 is 3.09.